The Balaban J connectivity index is 2.27. The maximum atomic E-state index is 11.9. The number of H-pyrrole nitrogens is 1. The van der Waals surface area contributed by atoms with Gasteiger partial charge in [-0.25, -0.2) is 4.98 Å². The molecule has 0 spiro atoms. The van der Waals surface area contributed by atoms with Crippen LogP contribution in [0.4, 0.5) is 0 Å². The molecule has 1 atom stereocenters. The van der Waals surface area contributed by atoms with Gasteiger partial charge in [0, 0.05) is 12.0 Å². The molecule has 1 heterocycles. The van der Waals surface area contributed by atoms with E-state index in [1.165, 1.54) is 0 Å². The third kappa shape index (κ3) is 2.59. The first-order chi connectivity index (χ1) is 8.52. The highest BCUT2D eigenvalue weighted by atomic mass is 16.3. The summed E-state index contributed by atoms with van der Waals surface area (Å²) in [7, 11) is 0. The fourth-order valence-corrected chi connectivity index (χ4v) is 1.77. The van der Waals surface area contributed by atoms with Crippen LogP contribution in [-0.2, 0) is 0 Å². The summed E-state index contributed by atoms with van der Waals surface area (Å²) in [6.45, 7) is 3.14. The van der Waals surface area contributed by atoms with Crippen LogP contribution < -0.4 is 10.9 Å². The van der Waals surface area contributed by atoms with E-state index in [4.69, 9.17) is 5.11 Å². The summed E-state index contributed by atoms with van der Waals surface area (Å²) in [5.41, 5.74) is 0.0510. The molecule has 1 fully saturated rings. The summed E-state index contributed by atoms with van der Waals surface area (Å²) >= 11 is 0. The van der Waals surface area contributed by atoms with Gasteiger partial charge in [0.15, 0.2) is 0 Å². The molecule has 98 valence electrons. The van der Waals surface area contributed by atoms with E-state index in [0.29, 0.717) is 17.4 Å². The Labute approximate surface area is 104 Å². The lowest BCUT2D eigenvalue weighted by Crippen LogP contribution is -2.39. The largest absolute Gasteiger partial charge is 0.394 e. The molecule has 6 heteroatoms. The van der Waals surface area contributed by atoms with E-state index in [1.54, 1.807) is 13.8 Å². The van der Waals surface area contributed by atoms with Gasteiger partial charge in [-0.2, -0.15) is 0 Å². The maximum absolute atomic E-state index is 11.9. The molecular formula is C12H17N3O3. The minimum atomic E-state index is -0.495. The van der Waals surface area contributed by atoms with Crippen molar-refractivity contribution >= 4 is 5.91 Å². The van der Waals surface area contributed by atoms with Crippen molar-refractivity contribution in [3.05, 3.63) is 27.4 Å². The fraction of sp³-hybridized carbons (Fsp3) is 0.583. The van der Waals surface area contributed by atoms with Crippen LogP contribution in [0.2, 0.25) is 0 Å². The van der Waals surface area contributed by atoms with E-state index >= 15 is 0 Å². The second-order valence-electron chi connectivity index (χ2n) is 4.74. The third-order valence-corrected chi connectivity index (χ3v) is 2.96. The number of aryl methyl sites for hydroxylation is 1. The number of hydrogen-bond acceptors (Lipinski definition) is 4. The predicted octanol–water partition coefficient (Wildman–Crippen LogP) is 0.0663. The number of aromatic nitrogens is 2. The van der Waals surface area contributed by atoms with Gasteiger partial charge >= 0.3 is 0 Å². The van der Waals surface area contributed by atoms with Crippen molar-refractivity contribution in [2.24, 2.45) is 0 Å². The summed E-state index contributed by atoms with van der Waals surface area (Å²) in [6, 6.07) is -0.389. The van der Waals surface area contributed by atoms with Gasteiger partial charge in [-0.3, -0.25) is 9.59 Å². The molecule has 18 heavy (non-hydrogen) atoms. The van der Waals surface area contributed by atoms with Crippen LogP contribution in [0.25, 0.3) is 0 Å². The number of aromatic amines is 1. The quantitative estimate of drug-likeness (QED) is 0.705. The minimum absolute atomic E-state index is 0.0275. The SMILES string of the molecule is Cc1nc(C2CC2)[nH]c(=O)c1C(=O)N[C@@H](C)CO. The average Bonchev–Trinajstić information content (AvgIpc) is 3.11. The predicted molar refractivity (Wildman–Crippen MR) is 65.6 cm³/mol. The molecule has 2 rings (SSSR count). The monoisotopic (exact) mass is 251 g/mol. The summed E-state index contributed by atoms with van der Waals surface area (Å²) in [5, 5.41) is 11.4. The first-order valence-corrected chi connectivity index (χ1v) is 6.05. The molecule has 0 unspecified atom stereocenters. The molecule has 0 aromatic carbocycles. The molecule has 0 radical (unpaired) electrons. The highest BCUT2D eigenvalue weighted by Crippen LogP contribution is 2.37. The molecule has 0 aliphatic heterocycles. The molecule has 1 amide bonds. The minimum Gasteiger partial charge on any atom is -0.394 e. The van der Waals surface area contributed by atoms with E-state index in [2.05, 4.69) is 15.3 Å². The zero-order chi connectivity index (χ0) is 13.3. The number of aliphatic hydroxyl groups is 1. The molecule has 1 aromatic rings. The lowest BCUT2D eigenvalue weighted by Gasteiger charge is -2.11. The molecule has 3 N–H and O–H groups in total. The van der Waals surface area contributed by atoms with Gasteiger partial charge in [0.05, 0.1) is 12.3 Å². The molecule has 0 saturated heterocycles. The van der Waals surface area contributed by atoms with Crippen LogP contribution in [-0.4, -0.2) is 33.6 Å². The van der Waals surface area contributed by atoms with Gasteiger partial charge in [-0.05, 0) is 26.7 Å². The van der Waals surface area contributed by atoms with Crippen LogP contribution in [0.3, 0.4) is 0 Å². The fourth-order valence-electron chi connectivity index (χ4n) is 1.77. The van der Waals surface area contributed by atoms with E-state index in [9.17, 15) is 9.59 Å². The summed E-state index contributed by atoms with van der Waals surface area (Å²) in [5.74, 6) is 0.513. The zero-order valence-corrected chi connectivity index (χ0v) is 10.5. The number of nitrogens with zero attached hydrogens (tertiary/aromatic N) is 1. The molecular weight excluding hydrogens is 234 g/mol. The van der Waals surface area contributed by atoms with Crippen molar-refractivity contribution in [1.82, 2.24) is 15.3 Å². The number of hydrogen-bond donors (Lipinski definition) is 3. The first kappa shape index (κ1) is 12.8. The van der Waals surface area contributed by atoms with Crippen LogP contribution in [0, 0.1) is 6.92 Å². The van der Waals surface area contributed by atoms with E-state index < -0.39 is 11.5 Å². The van der Waals surface area contributed by atoms with Crippen molar-refractivity contribution < 1.29 is 9.90 Å². The number of carbonyl (C=O) groups excluding carboxylic acids is 1. The number of carbonyl (C=O) groups is 1. The lowest BCUT2D eigenvalue weighted by atomic mass is 10.2. The Kier molecular flexibility index (Phi) is 3.47. The topological polar surface area (TPSA) is 95.1 Å². The van der Waals surface area contributed by atoms with Crippen molar-refractivity contribution in [3.63, 3.8) is 0 Å². The van der Waals surface area contributed by atoms with Crippen molar-refractivity contribution in [2.75, 3.05) is 6.61 Å². The van der Waals surface area contributed by atoms with E-state index in [-0.39, 0.29) is 18.2 Å². The Morgan fingerprint density at radius 1 is 1.61 bits per heavy atom. The van der Waals surface area contributed by atoms with E-state index in [0.717, 1.165) is 12.8 Å². The second kappa shape index (κ2) is 4.89. The Bertz CT molecular complexity index is 520. The van der Waals surface area contributed by atoms with Crippen molar-refractivity contribution in [2.45, 2.75) is 38.6 Å². The Morgan fingerprint density at radius 2 is 2.28 bits per heavy atom. The first-order valence-electron chi connectivity index (χ1n) is 6.05. The van der Waals surface area contributed by atoms with Crippen LogP contribution in [0.15, 0.2) is 4.79 Å². The van der Waals surface area contributed by atoms with Gasteiger partial charge in [0.1, 0.15) is 11.4 Å². The van der Waals surface area contributed by atoms with E-state index in [1.807, 2.05) is 0 Å². The number of rotatable bonds is 4. The molecule has 1 aliphatic carbocycles. The average molecular weight is 251 g/mol. The highest BCUT2D eigenvalue weighted by molar-refractivity contribution is 5.94. The summed E-state index contributed by atoms with van der Waals surface area (Å²) in [4.78, 5) is 30.7. The van der Waals surface area contributed by atoms with Gasteiger partial charge in [0.25, 0.3) is 11.5 Å². The molecule has 6 nitrogen and oxygen atoms in total. The van der Waals surface area contributed by atoms with Gasteiger partial charge in [0.2, 0.25) is 0 Å². The number of amides is 1. The van der Waals surface area contributed by atoms with Crippen molar-refractivity contribution in [1.29, 1.82) is 0 Å². The van der Waals surface area contributed by atoms with Crippen molar-refractivity contribution in [3.8, 4) is 0 Å². The lowest BCUT2D eigenvalue weighted by molar-refractivity contribution is 0.0919. The van der Waals surface area contributed by atoms with Crippen LogP contribution in [0.5, 0.6) is 0 Å². The van der Waals surface area contributed by atoms with Gasteiger partial charge in [-0.15, -0.1) is 0 Å². The molecule has 0 bridgehead atoms. The van der Waals surface area contributed by atoms with Gasteiger partial charge < -0.3 is 15.4 Å². The third-order valence-electron chi connectivity index (χ3n) is 2.96. The number of aliphatic hydroxyl groups excluding tert-OH is 1. The van der Waals surface area contributed by atoms with Crippen LogP contribution >= 0.6 is 0 Å². The molecule has 1 aliphatic rings. The normalized spacial score (nSPS) is 16.4. The summed E-state index contributed by atoms with van der Waals surface area (Å²) < 4.78 is 0. The van der Waals surface area contributed by atoms with Crippen LogP contribution in [0.1, 0.15) is 47.6 Å². The standard InChI is InChI=1S/C12H17N3O3/c1-6(5-16)13-11(17)9-7(2)14-10(8-3-4-8)15-12(9)18/h6,8,16H,3-5H2,1-2H3,(H,13,17)(H,14,15,18)/t6-/m0/s1. The number of nitrogens with one attached hydrogen (secondary N) is 2. The zero-order valence-electron chi connectivity index (χ0n) is 10.5. The van der Waals surface area contributed by atoms with Gasteiger partial charge in [-0.1, -0.05) is 0 Å². The molecule has 1 aromatic heterocycles. The Hall–Kier alpha value is -1.69. The maximum Gasteiger partial charge on any atom is 0.264 e. The highest BCUT2D eigenvalue weighted by Gasteiger charge is 2.28. The smallest absolute Gasteiger partial charge is 0.264 e. The Morgan fingerprint density at radius 3 is 2.78 bits per heavy atom. The molecule has 1 saturated carbocycles. The second-order valence-corrected chi connectivity index (χ2v) is 4.74. The summed E-state index contributed by atoms with van der Waals surface area (Å²) in [6.07, 6.45) is 2.07.